The molecular weight excluding hydrogens is 234 g/mol. The number of carboxylic acids is 1. The Hall–Kier alpha value is -2.04. The molecule has 0 aromatic heterocycles. The van der Waals surface area contributed by atoms with Gasteiger partial charge >= 0.3 is 12.1 Å². The third-order valence-electron chi connectivity index (χ3n) is 3.00. The van der Waals surface area contributed by atoms with Crippen LogP contribution in [0.25, 0.3) is 0 Å². The Labute approximate surface area is 105 Å². The molecular formula is C13H15NO4. The zero-order chi connectivity index (χ0) is 13.1. The molecule has 1 aromatic rings. The molecule has 0 aliphatic carbocycles. The molecule has 1 N–H and O–H groups in total. The number of benzene rings is 1. The summed E-state index contributed by atoms with van der Waals surface area (Å²) in [4.78, 5) is 24.4. The Balaban J connectivity index is 2.40. The molecule has 0 bridgehead atoms. The zero-order valence-electron chi connectivity index (χ0n) is 10.1. The maximum Gasteiger partial charge on any atom is 0.415 e. The molecule has 0 saturated carbocycles. The Morgan fingerprint density at radius 1 is 1.44 bits per heavy atom. The summed E-state index contributed by atoms with van der Waals surface area (Å²) < 4.78 is 4.94. The van der Waals surface area contributed by atoms with Crippen LogP contribution < -0.4 is 4.90 Å². The summed E-state index contributed by atoms with van der Waals surface area (Å²) in [7, 11) is 0. The third-order valence-corrected chi connectivity index (χ3v) is 3.00. The Morgan fingerprint density at radius 3 is 2.83 bits per heavy atom. The van der Waals surface area contributed by atoms with Gasteiger partial charge in [0, 0.05) is 0 Å². The van der Waals surface area contributed by atoms with Gasteiger partial charge < -0.3 is 9.84 Å². The Morgan fingerprint density at radius 2 is 2.17 bits per heavy atom. The zero-order valence-corrected chi connectivity index (χ0v) is 10.1. The van der Waals surface area contributed by atoms with E-state index in [9.17, 15) is 14.7 Å². The number of hydrogen-bond donors (Lipinski definition) is 1. The maximum atomic E-state index is 11.9. The molecule has 5 heteroatoms. The molecule has 0 fully saturated rings. The fourth-order valence-corrected chi connectivity index (χ4v) is 2.20. The minimum atomic E-state index is -1.00. The number of carbonyl (C=O) groups excluding carboxylic acids is 1. The standard InChI is InChI=1S/C13H15NO4/c1-2-18-13(17)14-10-6-4-3-5-9(10)7-8-11(14)12(15)16/h3-6,11H,2,7-8H2,1H3,(H,15,16). The van der Waals surface area contributed by atoms with Crippen LogP contribution in [0.15, 0.2) is 24.3 Å². The summed E-state index contributed by atoms with van der Waals surface area (Å²) in [5, 5.41) is 9.20. The van der Waals surface area contributed by atoms with E-state index in [1.165, 1.54) is 4.90 Å². The molecule has 1 amide bonds. The molecule has 0 spiro atoms. The first kappa shape index (κ1) is 12.4. The van der Waals surface area contributed by atoms with Crippen molar-refractivity contribution in [3.8, 4) is 0 Å². The van der Waals surface area contributed by atoms with Crippen molar-refractivity contribution in [2.75, 3.05) is 11.5 Å². The highest BCUT2D eigenvalue weighted by Crippen LogP contribution is 2.31. The summed E-state index contributed by atoms with van der Waals surface area (Å²) in [6.07, 6.45) is 0.464. The first-order valence-corrected chi connectivity index (χ1v) is 5.92. The lowest BCUT2D eigenvalue weighted by atomic mass is 9.96. The molecule has 0 saturated heterocycles. The van der Waals surface area contributed by atoms with Crippen LogP contribution in [0.1, 0.15) is 18.9 Å². The maximum absolute atomic E-state index is 11.9. The number of rotatable bonds is 2. The second-order valence-electron chi connectivity index (χ2n) is 4.09. The average Bonchev–Trinajstić information content (AvgIpc) is 2.37. The number of carbonyl (C=O) groups is 2. The molecule has 1 atom stereocenters. The van der Waals surface area contributed by atoms with Gasteiger partial charge in [0.25, 0.3) is 0 Å². The van der Waals surface area contributed by atoms with Gasteiger partial charge in [-0.15, -0.1) is 0 Å². The van der Waals surface area contributed by atoms with Gasteiger partial charge in [-0.2, -0.15) is 0 Å². The first-order chi connectivity index (χ1) is 8.65. The lowest BCUT2D eigenvalue weighted by Crippen LogP contribution is -2.48. The van der Waals surface area contributed by atoms with E-state index in [1.54, 1.807) is 19.1 Å². The van der Waals surface area contributed by atoms with Crippen molar-refractivity contribution in [1.29, 1.82) is 0 Å². The average molecular weight is 249 g/mol. The molecule has 96 valence electrons. The van der Waals surface area contributed by atoms with Crippen molar-refractivity contribution >= 4 is 17.7 Å². The fourth-order valence-electron chi connectivity index (χ4n) is 2.20. The number of aliphatic carboxylic acids is 1. The van der Waals surface area contributed by atoms with Crippen LogP contribution in [0, 0.1) is 0 Å². The second kappa shape index (κ2) is 5.08. The lowest BCUT2D eigenvalue weighted by molar-refractivity contribution is -0.138. The first-order valence-electron chi connectivity index (χ1n) is 5.92. The summed E-state index contributed by atoms with van der Waals surface area (Å²) in [6.45, 7) is 1.92. The van der Waals surface area contributed by atoms with Gasteiger partial charge in [0.2, 0.25) is 0 Å². The van der Waals surface area contributed by atoms with E-state index in [0.717, 1.165) is 5.56 Å². The van der Waals surface area contributed by atoms with Gasteiger partial charge in [0.1, 0.15) is 6.04 Å². The van der Waals surface area contributed by atoms with Crippen molar-refractivity contribution < 1.29 is 19.4 Å². The van der Waals surface area contributed by atoms with Crippen molar-refractivity contribution in [2.24, 2.45) is 0 Å². The number of amides is 1. The van der Waals surface area contributed by atoms with Crippen LogP contribution in [-0.4, -0.2) is 29.8 Å². The predicted molar refractivity (Wildman–Crippen MR) is 65.7 cm³/mol. The van der Waals surface area contributed by atoms with Crippen LogP contribution in [0.5, 0.6) is 0 Å². The van der Waals surface area contributed by atoms with Crippen LogP contribution in [-0.2, 0) is 16.0 Å². The molecule has 1 aromatic carbocycles. The smallest absolute Gasteiger partial charge is 0.415 e. The van der Waals surface area contributed by atoms with E-state index in [0.29, 0.717) is 18.5 Å². The van der Waals surface area contributed by atoms with Gasteiger partial charge in [-0.05, 0) is 31.4 Å². The van der Waals surface area contributed by atoms with Crippen molar-refractivity contribution in [1.82, 2.24) is 0 Å². The molecule has 0 radical (unpaired) electrons. The van der Waals surface area contributed by atoms with Crippen molar-refractivity contribution in [3.63, 3.8) is 0 Å². The number of ether oxygens (including phenoxy) is 1. The summed E-state index contributed by atoms with van der Waals surface area (Å²) in [5.41, 5.74) is 1.61. The van der Waals surface area contributed by atoms with Crippen LogP contribution in [0.2, 0.25) is 0 Å². The van der Waals surface area contributed by atoms with E-state index in [1.807, 2.05) is 12.1 Å². The molecule has 1 aliphatic rings. The topological polar surface area (TPSA) is 66.8 Å². The Kier molecular flexibility index (Phi) is 3.50. The van der Waals surface area contributed by atoms with E-state index < -0.39 is 18.1 Å². The monoisotopic (exact) mass is 249 g/mol. The van der Waals surface area contributed by atoms with Gasteiger partial charge in [0.15, 0.2) is 0 Å². The lowest BCUT2D eigenvalue weighted by Gasteiger charge is -2.33. The second-order valence-corrected chi connectivity index (χ2v) is 4.09. The summed E-state index contributed by atoms with van der Waals surface area (Å²) >= 11 is 0. The molecule has 1 heterocycles. The number of carboxylic acid groups (broad SMARTS) is 1. The minimum Gasteiger partial charge on any atom is -0.480 e. The number of hydrogen-bond acceptors (Lipinski definition) is 3. The van der Waals surface area contributed by atoms with Crippen molar-refractivity contribution in [2.45, 2.75) is 25.8 Å². The quantitative estimate of drug-likeness (QED) is 0.871. The van der Waals surface area contributed by atoms with Crippen LogP contribution in [0.4, 0.5) is 10.5 Å². The van der Waals surface area contributed by atoms with Crippen molar-refractivity contribution in [3.05, 3.63) is 29.8 Å². The largest absolute Gasteiger partial charge is 0.480 e. The number of fused-ring (bicyclic) bond motifs is 1. The van der Waals surface area contributed by atoms with E-state index >= 15 is 0 Å². The third kappa shape index (κ3) is 2.16. The summed E-state index contributed by atoms with van der Waals surface area (Å²) in [6, 6.07) is 6.47. The molecule has 18 heavy (non-hydrogen) atoms. The highest BCUT2D eigenvalue weighted by molar-refractivity contribution is 5.96. The highest BCUT2D eigenvalue weighted by Gasteiger charge is 2.36. The highest BCUT2D eigenvalue weighted by atomic mass is 16.6. The number of aryl methyl sites for hydroxylation is 1. The normalized spacial score (nSPS) is 18.1. The van der Waals surface area contributed by atoms with Gasteiger partial charge in [0.05, 0.1) is 12.3 Å². The molecule has 2 rings (SSSR count). The van der Waals surface area contributed by atoms with E-state index in [4.69, 9.17) is 4.74 Å². The van der Waals surface area contributed by atoms with E-state index in [-0.39, 0.29) is 6.61 Å². The predicted octanol–water partition coefficient (Wildman–Crippen LogP) is 2.05. The van der Waals surface area contributed by atoms with Gasteiger partial charge in [-0.25, -0.2) is 9.59 Å². The Bertz CT molecular complexity index is 472. The molecule has 5 nitrogen and oxygen atoms in total. The van der Waals surface area contributed by atoms with Gasteiger partial charge in [-0.1, -0.05) is 18.2 Å². The minimum absolute atomic E-state index is 0.226. The number of para-hydroxylation sites is 1. The summed E-state index contributed by atoms with van der Waals surface area (Å²) in [5.74, 6) is -1.00. The molecule has 1 unspecified atom stereocenters. The fraction of sp³-hybridized carbons (Fsp3) is 0.385. The SMILES string of the molecule is CCOC(=O)N1c2ccccc2CCC1C(=O)O. The van der Waals surface area contributed by atoms with Crippen LogP contribution in [0.3, 0.4) is 0 Å². The molecule has 1 aliphatic heterocycles. The van der Waals surface area contributed by atoms with Gasteiger partial charge in [-0.3, -0.25) is 4.90 Å². The van der Waals surface area contributed by atoms with Crippen LogP contribution >= 0.6 is 0 Å². The number of anilines is 1. The number of nitrogens with zero attached hydrogens (tertiary/aromatic N) is 1. The van der Waals surface area contributed by atoms with E-state index in [2.05, 4.69) is 0 Å².